The molecule has 2 nitrogen and oxygen atoms in total. The number of hydrogen-bond acceptors (Lipinski definition) is 2. The van der Waals surface area contributed by atoms with Gasteiger partial charge >= 0.3 is 0 Å². The summed E-state index contributed by atoms with van der Waals surface area (Å²) in [6.07, 6.45) is 4.26. The predicted octanol–water partition coefficient (Wildman–Crippen LogP) is 14.4. The van der Waals surface area contributed by atoms with Gasteiger partial charge < -0.3 is 9.32 Å². The van der Waals surface area contributed by atoms with E-state index in [1.807, 2.05) is 0 Å². The lowest BCUT2D eigenvalue weighted by Crippen LogP contribution is -2.28. The van der Waals surface area contributed by atoms with Gasteiger partial charge in [-0.25, -0.2) is 0 Å². The van der Waals surface area contributed by atoms with Gasteiger partial charge in [0.25, 0.3) is 0 Å². The second kappa shape index (κ2) is 15.2. The summed E-state index contributed by atoms with van der Waals surface area (Å²) in [5.41, 5.74) is 19.6. The lowest BCUT2D eigenvalue weighted by Gasteiger charge is -2.35. The molecular formula is C61H43NO. The van der Waals surface area contributed by atoms with Crippen molar-refractivity contribution in [2.24, 2.45) is 0 Å². The molecule has 0 radical (unpaired) electrons. The third kappa shape index (κ3) is 6.02. The zero-order valence-corrected chi connectivity index (χ0v) is 34.8. The predicted molar refractivity (Wildman–Crippen MR) is 261 cm³/mol. The van der Waals surface area contributed by atoms with Crippen molar-refractivity contribution in [1.29, 1.82) is 0 Å². The van der Waals surface area contributed by atoms with Gasteiger partial charge in [-0.1, -0.05) is 200 Å². The molecule has 9 aromatic carbocycles. The molecule has 63 heavy (non-hydrogen) atoms. The Morgan fingerprint density at radius 2 is 0.889 bits per heavy atom. The van der Waals surface area contributed by atoms with Crippen LogP contribution in [-0.2, 0) is 5.41 Å². The number of rotatable bonds is 8. The highest BCUT2D eigenvalue weighted by Crippen LogP contribution is 2.56. The number of fused-ring (bicyclic) bond motifs is 6. The molecule has 0 saturated heterocycles. The minimum absolute atomic E-state index is 0.514. The van der Waals surface area contributed by atoms with Crippen LogP contribution in [0.4, 0.5) is 17.1 Å². The zero-order chi connectivity index (χ0) is 41.7. The first-order valence-corrected chi connectivity index (χ1v) is 22.0. The van der Waals surface area contributed by atoms with E-state index >= 15 is 0 Å². The van der Waals surface area contributed by atoms with Gasteiger partial charge in [0.2, 0.25) is 0 Å². The SMILES string of the molecule is C1=c2c(oc3ccccc23)=C(c2ccc(N(c3ccc(C4(c5ccc(-c6ccccc6)cc5)c5ccccc5-c5ccccc54)cc3)c3ccccc3-c3ccccc3)cc2)CC1. The highest BCUT2D eigenvalue weighted by atomic mass is 16.3. The standard InChI is InChI=1S/C61H43NO/c1-3-16-42(17-4-1)43-30-34-46(35-31-43)61(56-26-11-7-21-52(56)53-22-8-12-27-57(53)61)47-36-40-49(41-37-47)62(58-28-13-9-20-50(58)44-18-5-2-6-19-44)48-38-32-45(33-39-48)51-24-15-25-55-54-23-10-14-29-59(54)63-60(51)55/h1-14,16-23,25-41H,15,24H2. The molecule has 2 aliphatic rings. The van der Waals surface area contributed by atoms with Gasteiger partial charge in [-0.3, -0.25) is 0 Å². The van der Waals surface area contributed by atoms with Crippen LogP contribution in [0, 0.1) is 0 Å². The molecule has 0 atom stereocenters. The first-order chi connectivity index (χ1) is 31.3. The largest absolute Gasteiger partial charge is 0.456 e. The molecule has 298 valence electrons. The summed E-state index contributed by atoms with van der Waals surface area (Å²) in [5, 5.41) is 2.40. The Morgan fingerprint density at radius 3 is 1.56 bits per heavy atom. The number of benzene rings is 9. The van der Waals surface area contributed by atoms with Crippen molar-refractivity contribution >= 4 is 39.7 Å². The average Bonchev–Trinajstić information content (AvgIpc) is 3.90. The molecule has 0 spiro atoms. The van der Waals surface area contributed by atoms with Crippen LogP contribution in [0.25, 0.3) is 56.0 Å². The Labute approximate surface area is 368 Å². The molecule has 12 rings (SSSR count). The fourth-order valence-corrected chi connectivity index (χ4v) is 10.4. The van der Waals surface area contributed by atoms with Gasteiger partial charge in [0.05, 0.1) is 11.1 Å². The number of anilines is 3. The topological polar surface area (TPSA) is 16.4 Å². The van der Waals surface area contributed by atoms with Crippen molar-refractivity contribution in [3.8, 4) is 33.4 Å². The average molecular weight is 806 g/mol. The van der Waals surface area contributed by atoms with E-state index < -0.39 is 5.41 Å². The highest BCUT2D eigenvalue weighted by molar-refractivity contribution is 5.90. The smallest absolute Gasteiger partial charge is 0.138 e. The minimum Gasteiger partial charge on any atom is -0.456 e. The van der Waals surface area contributed by atoms with Crippen LogP contribution >= 0.6 is 0 Å². The van der Waals surface area contributed by atoms with E-state index in [1.54, 1.807) is 0 Å². The van der Waals surface area contributed by atoms with Crippen LogP contribution in [0.15, 0.2) is 235 Å². The Hall–Kier alpha value is -7.94. The molecule has 0 amide bonds. The van der Waals surface area contributed by atoms with Crippen molar-refractivity contribution < 1.29 is 4.42 Å². The molecule has 10 aromatic rings. The Morgan fingerprint density at radius 1 is 0.397 bits per heavy atom. The van der Waals surface area contributed by atoms with Gasteiger partial charge in [0.1, 0.15) is 11.0 Å². The van der Waals surface area contributed by atoms with E-state index in [-0.39, 0.29) is 0 Å². The van der Waals surface area contributed by atoms with Crippen molar-refractivity contribution in [1.82, 2.24) is 0 Å². The quantitative estimate of drug-likeness (QED) is 0.152. The number of nitrogens with zero attached hydrogens (tertiary/aromatic N) is 1. The zero-order valence-electron chi connectivity index (χ0n) is 34.8. The second-order valence-corrected chi connectivity index (χ2v) is 16.7. The Balaban J connectivity index is 1.02. The summed E-state index contributed by atoms with van der Waals surface area (Å²) in [5.74, 6) is 0. The van der Waals surface area contributed by atoms with Crippen LogP contribution in [0.5, 0.6) is 0 Å². The fraction of sp³-hybridized carbons (Fsp3) is 0.0492. The number of para-hydroxylation sites is 2. The normalized spacial score (nSPS) is 13.5. The maximum absolute atomic E-state index is 6.52. The summed E-state index contributed by atoms with van der Waals surface area (Å²) in [6.45, 7) is 0. The van der Waals surface area contributed by atoms with Gasteiger partial charge in [-0.05, 0) is 105 Å². The van der Waals surface area contributed by atoms with E-state index in [0.29, 0.717) is 0 Å². The lowest BCUT2D eigenvalue weighted by molar-refractivity contribution is 0.568. The second-order valence-electron chi connectivity index (χ2n) is 16.7. The van der Waals surface area contributed by atoms with Crippen LogP contribution in [0.3, 0.4) is 0 Å². The van der Waals surface area contributed by atoms with E-state index in [2.05, 4.69) is 241 Å². The highest BCUT2D eigenvalue weighted by Gasteiger charge is 2.46. The first-order valence-electron chi connectivity index (χ1n) is 22.0. The monoisotopic (exact) mass is 805 g/mol. The van der Waals surface area contributed by atoms with Crippen molar-refractivity contribution in [3.63, 3.8) is 0 Å². The summed E-state index contributed by atoms with van der Waals surface area (Å²) in [7, 11) is 0. The molecule has 2 heteroatoms. The van der Waals surface area contributed by atoms with Crippen LogP contribution in [0.1, 0.15) is 40.7 Å². The first kappa shape index (κ1) is 36.9. The summed E-state index contributed by atoms with van der Waals surface area (Å²) >= 11 is 0. The Bertz CT molecular complexity index is 3370. The molecule has 1 aromatic heterocycles. The molecule has 0 N–H and O–H groups in total. The summed E-state index contributed by atoms with van der Waals surface area (Å²) < 4.78 is 6.52. The minimum atomic E-state index is -0.514. The van der Waals surface area contributed by atoms with Gasteiger partial charge in [0.15, 0.2) is 0 Å². The fourth-order valence-electron chi connectivity index (χ4n) is 10.4. The molecule has 1 heterocycles. The van der Waals surface area contributed by atoms with Crippen molar-refractivity contribution in [2.75, 3.05) is 4.90 Å². The van der Waals surface area contributed by atoms with Crippen LogP contribution in [-0.4, -0.2) is 0 Å². The van der Waals surface area contributed by atoms with Gasteiger partial charge in [-0.15, -0.1) is 0 Å². The number of furan rings is 1. The molecule has 0 aliphatic heterocycles. The third-order valence-electron chi connectivity index (χ3n) is 13.3. The number of hydrogen-bond donors (Lipinski definition) is 0. The van der Waals surface area contributed by atoms with Crippen molar-refractivity contribution in [3.05, 3.63) is 269 Å². The lowest BCUT2D eigenvalue weighted by atomic mass is 9.67. The van der Waals surface area contributed by atoms with Crippen LogP contribution in [0.2, 0.25) is 0 Å². The molecular weight excluding hydrogens is 763 g/mol. The van der Waals surface area contributed by atoms with E-state index in [1.165, 1.54) is 77.4 Å². The molecule has 0 saturated carbocycles. The van der Waals surface area contributed by atoms with E-state index in [9.17, 15) is 0 Å². The van der Waals surface area contributed by atoms with Crippen molar-refractivity contribution in [2.45, 2.75) is 18.3 Å². The van der Waals surface area contributed by atoms with Gasteiger partial charge in [0, 0.05) is 33.1 Å². The maximum atomic E-state index is 6.52. The molecule has 0 fully saturated rings. The summed E-state index contributed by atoms with van der Waals surface area (Å²) in [6, 6.07) is 84.2. The van der Waals surface area contributed by atoms with Gasteiger partial charge in [-0.2, -0.15) is 0 Å². The molecule has 0 unspecified atom stereocenters. The van der Waals surface area contributed by atoms with E-state index in [0.717, 1.165) is 40.9 Å². The molecule has 0 bridgehead atoms. The maximum Gasteiger partial charge on any atom is 0.138 e. The summed E-state index contributed by atoms with van der Waals surface area (Å²) in [4.78, 5) is 2.42. The van der Waals surface area contributed by atoms with E-state index in [4.69, 9.17) is 4.42 Å². The Kier molecular flexibility index (Phi) is 8.90. The molecule has 2 aliphatic carbocycles. The van der Waals surface area contributed by atoms with Crippen LogP contribution < -0.4 is 15.5 Å². The third-order valence-corrected chi connectivity index (χ3v) is 13.3.